The summed E-state index contributed by atoms with van der Waals surface area (Å²) < 4.78 is 9.40. The van der Waals surface area contributed by atoms with Crippen LogP contribution >= 0.6 is 23.2 Å². The molecule has 0 aliphatic carbocycles. The second-order valence-corrected chi connectivity index (χ2v) is 3.38. The molecule has 6 heteroatoms. The van der Waals surface area contributed by atoms with E-state index in [9.17, 15) is 9.90 Å². The Bertz CT molecular complexity index is 404. The Labute approximate surface area is 96.3 Å². The van der Waals surface area contributed by atoms with Crippen LogP contribution in [0.25, 0.3) is 0 Å². The highest BCUT2D eigenvalue weighted by Crippen LogP contribution is 2.40. The molecule has 0 atom stereocenters. The molecule has 1 N–H and O–H groups in total. The fourth-order valence-electron chi connectivity index (χ4n) is 1.08. The lowest BCUT2D eigenvalue weighted by molar-refractivity contribution is 0.0597. The third-order valence-electron chi connectivity index (χ3n) is 1.75. The average Bonchev–Trinajstić information content (AvgIpc) is 2.21. The molecule has 0 amide bonds. The first kappa shape index (κ1) is 11.9. The summed E-state index contributed by atoms with van der Waals surface area (Å²) in [6, 6.07) is 1.19. The maximum absolute atomic E-state index is 11.4. The van der Waals surface area contributed by atoms with Gasteiger partial charge >= 0.3 is 5.97 Å². The smallest absolute Gasteiger partial charge is 0.343 e. The van der Waals surface area contributed by atoms with Crippen molar-refractivity contribution in [2.24, 2.45) is 0 Å². The summed E-state index contributed by atoms with van der Waals surface area (Å²) in [5, 5.41) is 9.30. The average molecular weight is 251 g/mol. The number of carbonyl (C=O) groups excluding carboxylic acids is 1. The van der Waals surface area contributed by atoms with E-state index in [2.05, 4.69) is 4.74 Å². The monoisotopic (exact) mass is 250 g/mol. The third kappa shape index (κ3) is 2.11. The third-order valence-corrected chi connectivity index (χ3v) is 2.41. The van der Waals surface area contributed by atoms with Gasteiger partial charge in [-0.2, -0.15) is 0 Å². The molecule has 0 radical (unpaired) electrons. The van der Waals surface area contributed by atoms with Crippen molar-refractivity contribution in [1.82, 2.24) is 0 Å². The van der Waals surface area contributed by atoms with Crippen molar-refractivity contribution in [2.75, 3.05) is 14.2 Å². The normalized spacial score (nSPS) is 9.87. The molecule has 0 spiro atoms. The summed E-state index contributed by atoms with van der Waals surface area (Å²) in [5.41, 5.74) is -0.0910. The molecule has 0 heterocycles. The fraction of sp³-hybridized carbons (Fsp3) is 0.222. The predicted molar refractivity (Wildman–Crippen MR) is 56.0 cm³/mol. The van der Waals surface area contributed by atoms with Crippen LogP contribution in [0.15, 0.2) is 6.07 Å². The molecular weight excluding hydrogens is 243 g/mol. The van der Waals surface area contributed by atoms with Gasteiger partial charge < -0.3 is 14.6 Å². The molecule has 82 valence electrons. The number of hydrogen-bond donors (Lipinski definition) is 1. The predicted octanol–water partition coefficient (Wildman–Crippen LogP) is 2.49. The van der Waals surface area contributed by atoms with Gasteiger partial charge in [0.15, 0.2) is 5.75 Å². The zero-order valence-electron chi connectivity index (χ0n) is 8.01. The number of halogens is 2. The fourth-order valence-corrected chi connectivity index (χ4v) is 1.57. The Balaban J connectivity index is 3.50. The molecule has 15 heavy (non-hydrogen) atoms. The number of aromatic hydroxyl groups is 1. The van der Waals surface area contributed by atoms with E-state index in [4.69, 9.17) is 27.9 Å². The van der Waals surface area contributed by atoms with E-state index >= 15 is 0 Å². The summed E-state index contributed by atoms with van der Waals surface area (Å²) >= 11 is 11.5. The molecule has 1 rings (SSSR count). The number of esters is 1. The molecule has 0 aliphatic rings. The first-order valence-corrected chi connectivity index (χ1v) is 4.61. The van der Waals surface area contributed by atoms with Crippen LogP contribution in [0.4, 0.5) is 0 Å². The molecule has 0 bridgehead atoms. The Morgan fingerprint density at radius 1 is 1.40 bits per heavy atom. The molecule has 0 saturated carbocycles. The summed E-state index contributed by atoms with van der Waals surface area (Å²) in [4.78, 5) is 11.4. The van der Waals surface area contributed by atoms with Gasteiger partial charge in [0.1, 0.15) is 16.3 Å². The van der Waals surface area contributed by atoms with E-state index < -0.39 is 5.97 Å². The second kappa shape index (κ2) is 4.59. The Morgan fingerprint density at radius 2 is 2.00 bits per heavy atom. The van der Waals surface area contributed by atoms with Crippen LogP contribution in [0.2, 0.25) is 10.0 Å². The van der Waals surface area contributed by atoms with Crippen molar-refractivity contribution in [3.05, 3.63) is 21.7 Å². The van der Waals surface area contributed by atoms with Gasteiger partial charge in [0.2, 0.25) is 0 Å². The Kier molecular flexibility index (Phi) is 3.66. The van der Waals surface area contributed by atoms with Gasteiger partial charge in [-0.05, 0) is 0 Å². The lowest BCUT2D eigenvalue weighted by Crippen LogP contribution is -2.05. The highest BCUT2D eigenvalue weighted by Gasteiger charge is 2.23. The number of benzene rings is 1. The van der Waals surface area contributed by atoms with E-state index in [1.807, 2.05) is 0 Å². The zero-order chi connectivity index (χ0) is 11.6. The summed E-state index contributed by atoms with van der Waals surface area (Å²) in [7, 11) is 2.52. The first-order valence-electron chi connectivity index (χ1n) is 3.86. The van der Waals surface area contributed by atoms with Crippen molar-refractivity contribution in [1.29, 1.82) is 0 Å². The van der Waals surface area contributed by atoms with Gasteiger partial charge in [-0.15, -0.1) is 0 Å². The molecule has 4 nitrogen and oxygen atoms in total. The van der Waals surface area contributed by atoms with Crippen molar-refractivity contribution in [3.63, 3.8) is 0 Å². The number of phenolic OH excluding ortho intramolecular Hbond substituents is 1. The molecule has 0 unspecified atom stereocenters. The van der Waals surface area contributed by atoms with Crippen molar-refractivity contribution < 1.29 is 19.4 Å². The molecule has 0 fully saturated rings. The lowest BCUT2D eigenvalue weighted by atomic mass is 10.2. The van der Waals surface area contributed by atoms with Crippen LogP contribution in [-0.4, -0.2) is 25.3 Å². The molecule has 0 aromatic heterocycles. The van der Waals surface area contributed by atoms with Gasteiger partial charge in [-0.25, -0.2) is 4.79 Å². The number of phenols is 1. The van der Waals surface area contributed by atoms with Crippen molar-refractivity contribution in [3.8, 4) is 11.5 Å². The molecule has 1 aromatic rings. The minimum atomic E-state index is -0.727. The standard InChI is InChI=1S/C9H8Cl2O4/c1-14-8-4(10)3-5(12)7(11)6(8)9(13)15-2/h3,12H,1-2H3. The van der Waals surface area contributed by atoms with Crippen LogP contribution in [-0.2, 0) is 4.74 Å². The van der Waals surface area contributed by atoms with Gasteiger partial charge in [0.05, 0.1) is 19.2 Å². The minimum absolute atomic E-state index is 0.0753. The molecule has 1 aromatic carbocycles. The number of ether oxygens (including phenoxy) is 2. The second-order valence-electron chi connectivity index (χ2n) is 2.59. The topological polar surface area (TPSA) is 55.8 Å². The Morgan fingerprint density at radius 3 is 2.47 bits per heavy atom. The summed E-state index contributed by atoms with van der Waals surface area (Å²) in [5.74, 6) is -0.955. The highest BCUT2D eigenvalue weighted by molar-refractivity contribution is 6.38. The van der Waals surface area contributed by atoms with Gasteiger partial charge in [0, 0.05) is 6.07 Å². The SMILES string of the molecule is COC(=O)c1c(Cl)c(O)cc(Cl)c1OC. The summed E-state index contributed by atoms with van der Waals surface area (Å²) in [6.07, 6.45) is 0. The van der Waals surface area contributed by atoms with Gasteiger partial charge in [-0.3, -0.25) is 0 Å². The molecule has 0 aliphatic heterocycles. The zero-order valence-corrected chi connectivity index (χ0v) is 9.52. The van der Waals surface area contributed by atoms with Crippen molar-refractivity contribution in [2.45, 2.75) is 0 Å². The lowest BCUT2D eigenvalue weighted by Gasteiger charge is -2.11. The van der Waals surface area contributed by atoms with Crippen LogP contribution in [0.1, 0.15) is 10.4 Å². The van der Waals surface area contributed by atoms with E-state index in [0.717, 1.165) is 0 Å². The van der Waals surface area contributed by atoms with E-state index in [-0.39, 0.29) is 27.1 Å². The van der Waals surface area contributed by atoms with Crippen LogP contribution in [0, 0.1) is 0 Å². The number of methoxy groups -OCH3 is 2. The quantitative estimate of drug-likeness (QED) is 0.820. The highest BCUT2D eigenvalue weighted by atomic mass is 35.5. The molecular formula is C9H8Cl2O4. The maximum atomic E-state index is 11.4. The van der Waals surface area contributed by atoms with Crippen LogP contribution < -0.4 is 4.74 Å². The minimum Gasteiger partial charge on any atom is -0.506 e. The largest absolute Gasteiger partial charge is 0.506 e. The van der Waals surface area contributed by atoms with Gasteiger partial charge in [0.25, 0.3) is 0 Å². The number of carbonyl (C=O) groups is 1. The van der Waals surface area contributed by atoms with E-state index in [1.54, 1.807) is 0 Å². The van der Waals surface area contributed by atoms with E-state index in [1.165, 1.54) is 20.3 Å². The number of hydrogen-bond acceptors (Lipinski definition) is 4. The van der Waals surface area contributed by atoms with E-state index in [0.29, 0.717) is 0 Å². The Hall–Kier alpha value is -1.13. The van der Waals surface area contributed by atoms with Crippen LogP contribution in [0.3, 0.4) is 0 Å². The summed E-state index contributed by atoms with van der Waals surface area (Å²) in [6.45, 7) is 0. The first-order chi connectivity index (χ1) is 7.02. The maximum Gasteiger partial charge on any atom is 0.343 e. The molecule has 0 saturated heterocycles. The van der Waals surface area contributed by atoms with Crippen molar-refractivity contribution >= 4 is 29.2 Å². The van der Waals surface area contributed by atoms with Crippen LogP contribution in [0.5, 0.6) is 11.5 Å². The number of rotatable bonds is 2. The van der Waals surface area contributed by atoms with Gasteiger partial charge in [-0.1, -0.05) is 23.2 Å².